The van der Waals surface area contributed by atoms with Gasteiger partial charge in [0.15, 0.2) is 5.76 Å². The second kappa shape index (κ2) is 11.6. The van der Waals surface area contributed by atoms with Gasteiger partial charge in [-0.15, -0.1) is 0 Å². The first-order valence-corrected chi connectivity index (χ1v) is 13.0. The van der Waals surface area contributed by atoms with Gasteiger partial charge in [-0.25, -0.2) is 9.18 Å². The maximum atomic E-state index is 15.2. The van der Waals surface area contributed by atoms with Gasteiger partial charge in [-0.3, -0.25) is 4.79 Å². The van der Waals surface area contributed by atoms with Crippen molar-refractivity contribution in [3.05, 3.63) is 77.0 Å². The van der Waals surface area contributed by atoms with Crippen LogP contribution in [0.15, 0.2) is 59.0 Å². The third kappa shape index (κ3) is 6.84. The van der Waals surface area contributed by atoms with Crippen LogP contribution in [-0.2, 0) is 11.3 Å². The van der Waals surface area contributed by atoms with E-state index in [1.165, 1.54) is 11.0 Å². The third-order valence-corrected chi connectivity index (χ3v) is 6.75. The number of hydrogen-bond donors (Lipinski definition) is 0. The molecule has 1 aliphatic rings. The number of hydrogen-bond acceptors (Lipinski definition) is 6. The molecule has 4 rings (SSSR count). The Balaban J connectivity index is 0.00000441. The van der Waals surface area contributed by atoms with Crippen molar-refractivity contribution in [2.24, 2.45) is 0 Å². The average Bonchev–Trinajstić information content (AvgIpc) is 3.56. The highest BCUT2D eigenvalue weighted by Gasteiger charge is 2.32. The van der Waals surface area contributed by atoms with E-state index in [1.807, 2.05) is 31.7 Å². The van der Waals surface area contributed by atoms with Gasteiger partial charge in [0.1, 0.15) is 29.5 Å². The van der Waals surface area contributed by atoms with Crippen molar-refractivity contribution < 1.29 is 29.3 Å². The molecular formula is C29H35ClFN3O5. The molecule has 1 atom stereocenters. The number of amides is 2. The zero-order valence-electron chi connectivity index (χ0n) is 22.7. The summed E-state index contributed by atoms with van der Waals surface area (Å²) in [6.07, 6.45) is 0.290. The number of carbonyl (C=O) groups is 2. The minimum absolute atomic E-state index is 0. The highest BCUT2D eigenvalue weighted by Crippen LogP contribution is 2.30. The summed E-state index contributed by atoms with van der Waals surface area (Å²) in [4.78, 5) is 30.2. The lowest BCUT2D eigenvalue weighted by molar-refractivity contribution is 0.0237. The van der Waals surface area contributed by atoms with E-state index in [4.69, 9.17) is 25.5 Å². The van der Waals surface area contributed by atoms with Crippen LogP contribution < -0.4 is 14.5 Å². The van der Waals surface area contributed by atoms with E-state index >= 15 is 4.39 Å². The Bertz CT molecular complexity index is 1350. The van der Waals surface area contributed by atoms with Gasteiger partial charge in [-0.2, -0.15) is 0 Å². The molecule has 2 amide bonds. The van der Waals surface area contributed by atoms with Crippen molar-refractivity contribution in [3.63, 3.8) is 0 Å². The van der Waals surface area contributed by atoms with Crippen LogP contribution in [0.25, 0.3) is 0 Å². The molecule has 1 fully saturated rings. The Morgan fingerprint density at radius 3 is 2.59 bits per heavy atom. The van der Waals surface area contributed by atoms with E-state index in [0.29, 0.717) is 47.4 Å². The van der Waals surface area contributed by atoms with E-state index in [0.717, 1.165) is 0 Å². The van der Waals surface area contributed by atoms with Gasteiger partial charge in [-0.1, -0.05) is 23.7 Å². The van der Waals surface area contributed by atoms with Gasteiger partial charge in [0.25, 0.3) is 5.91 Å². The molecule has 1 saturated heterocycles. The van der Waals surface area contributed by atoms with Crippen molar-refractivity contribution in [2.45, 2.75) is 45.4 Å². The van der Waals surface area contributed by atoms with Crippen molar-refractivity contribution in [1.29, 1.82) is 0 Å². The fraction of sp³-hybridized carbons (Fsp3) is 0.379. The smallest absolute Gasteiger partial charge is 0.410 e. The highest BCUT2D eigenvalue weighted by molar-refractivity contribution is 6.32. The van der Waals surface area contributed by atoms with Crippen LogP contribution in [0.5, 0.6) is 5.75 Å². The summed E-state index contributed by atoms with van der Waals surface area (Å²) >= 11 is 6.10. The van der Waals surface area contributed by atoms with E-state index < -0.39 is 23.4 Å². The van der Waals surface area contributed by atoms with Gasteiger partial charge in [-0.05, 0) is 69.7 Å². The lowest BCUT2D eigenvalue weighted by Gasteiger charge is -2.29. The van der Waals surface area contributed by atoms with Crippen molar-refractivity contribution in [3.8, 4) is 5.75 Å². The standard InChI is InChI=1S/C29H33ClFN3O5.H2/c1-29(2,3)39-28(36)33(5)20-14-15-34(17-20)24-12-10-19(16-23(24)31)32(4)27(35)26-13-11-21(38-26)18-37-25-9-7-6-8-22(25)30;/h6-13,16,20H,14-15,17-18H2,1-5H3;1H. The van der Waals surface area contributed by atoms with Crippen LogP contribution in [0.4, 0.5) is 20.6 Å². The van der Waals surface area contributed by atoms with Crippen molar-refractivity contribution >= 4 is 35.0 Å². The molecule has 1 unspecified atom stereocenters. The number of nitrogens with zero attached hydrogens (tertiary/aromatic N) is 3. The molecule has 1 aromatic heterocycles. The minimum Gasteiger partial charge on any atom is -0.484 e. The van der Waals surface area contributed by atoms with E-state index in [1.54, 1.807) is 61.5 Å². The first-order chi connectivity index (χ1) is 18.4. The Morgan fingerprint density at radius 2 is 1.90 bits per heavy atom. The number of benzene rings is 2. The number of anilines is 2. The minimum atomic E-state index is -0.587. The number of halogens is 2. The lowest BCUT2D eigenvalue weighted by Crippen LogP contribution is -2.42. The van der Waals surface area contributed by atoms with Crippen molar-refractivity contribution in [2.75, 3.05) is 37.0 Å². The Morgan fingerprint density at radius 1 is 1.15 bits per heavy atom. The molecule has 0 aliphatic carbocycles. The van der Waals surface area contributed by atoms with E-state index in [2.05, 4.69) is 0 Å². The summed E-state index contributed by atoms with van der Waals surface area (Å²) in [5.41, 5.74) is 0.209. The van der Waals surface area contributed by atoms with E-state index in [-0.39, 0.29) is 19.8 Å². The predicted molar refractivity (Wildman–Crippen MR) is 150 cm³/mol. The summed E-state index contributed by atoms with van der Waals surface area (Å²) in [5, 5.41) is 0.477. The van der Waals surface area contributed by atoms with Crippen LogP contribution in [-0.4, -0.2) is 55.7 Å². The molecule has 0 radical (unpaired) electrons. The first kappa shape index (κ1) is 28.3. The largest absolute Gasteiger partial charge is 0.484 e. The molecule has 2 aromatic carbocycles. The molecule has 1 aliphatic heterocycles. The molecule has 0 saturated carbocycles. The fourth-order valence-electron chi connectivity index (χ4n) is 4.28. The van der Waals surface area contributed by atoms with Gasteiger partial charge in [0.05, 0.1) is 16.8 Å². The molecule has 39 heavy (non-hydrogen) atoms. The van der Waals surface area contributed by atoms with Crippen LogP contribution in [0, 0.1) is 5.82 Å². The molecule has 0 spiro atoms. The van der Waals surface area contributed by atoms with Gasteiger partial charge < -0.3 is 28.6 Å². The second-order valence-corrected chi connectivity index (χ2v) is 10.9. The first-order valence-electron chi connectivity index (χ1n) is 12.7. The lowest BCUT2D eigenvalue weighted by atomic mass is 10.2. The average molecular weight is 560 g/mol. The summed E-state index contributed by atoms with van der Waals surface area (Å²) in [7, 11) is 3.26. The molecule has 10 heteroatoms. The monoisotopic (exact) mass is 559 g/mol. The summed E-state index contributed by atoms with van der Waals surface area (Å²) in [5.74, 6) is 0.185. The van der Waals surface area contributed by atoms with Crippen LogP contribution >= 0.6 is 11.6 Å². The highest BCUT2D eigenvalue weighted by atomic mass is 35.5. The fourth-order valence-corrected chi connectivity index (χ4v) is 4.47. The SMILES string of the molecule is CN(C(=O)c1ccc(COc2ccccc2Cl)o1)c1ccc(N2CCC(N(C)C(=O)OC(C)(C)C)C2)c(F)c1.[HH]. The number of furan rings is 1. The zero-order valence-corrected chi connectivity index (χ0v) is 23.5. The Hall–Kier alpha value is -3.72. The number of carbonyl (C=O) groups excluding carboxylic acids is 2. The molecule has 0 bridgehead atoms. The Labute approximate surface area is 234 Å². The topological polar surface area (TPSA) is 75.5 Å². The molecule has 0 N–H and O–H groups in total. The molecule has 210 valence electrons. The number of ether oxygens (including phenoxy) is 2. The van der Waals surface area contributed by atoms with Gasteiger partial charge >= 0.3 is 6.09 Å². The molecule has 3 aromatic rings. The maximum absolute atomic E-state index is 15.2. The predicted octanol–water partition coefficient (Wildman–Crippen LogP) is 6.62. The number of rotatable bonds is 7. The quantitative estimate of drug-likeness (QED) is 0.324. The molecular weight excluding hydrogens is 525 g/mol. The van der Waals surface area contributed by atoms with Gasteiger partial charge in [0.2, 0.25) is 0 Å². The normalized spacial score (nSPS) is 15.3. The van der Waals surface area contributed by atoms with Gasteiger partial charge in [0, 0.05) is 34.3 Å². The Kier molecular flexibility index (Phi) is 8.39. The second-order valence-electron chi connectivity index (χ2n) is 10.5. The number of likely N-dealkylation sites (N-methyl/N-ethyl adjacent to an activating group) is 1. The van der Waals surface area contributed by atoms with Crippen LogP contribution in [0.3, 0.4) is 0 Å². The summed E-state index contributed by atoms with van der Waals surface area (Å²) < 4.78 is 32.0. The molecule has 8 nitrogen and oxygen atoms in total. The third-order valence-electron chi connectivity index (χ3n) is 6.44. The van der Waals surface area contributed by atoms with Crippen LogP contribution in [0.2, 0.25) is 5.02 Å². The maximum Gasteiger partial charge on any atom is 0.410 e. The van der Waals surface area contributed by atoms with E-state index in [9.17, 15) is 9.59 Å². The zero-order chi connectivity index (χ0) is 28.3. The summed E-state index contributed by atoms with van der Waals surface area (Å²) in [6.45, 7) is 6.63. The summed E-state index contributed by atoms with van der Waals surface area (Å²) in [6, 6.07) is 14.8. The molecule has 2 heterocycles. The number of para-hydroxylation sites is 1. The van der Waals surface area contributed by atoms with Crippen LogP contribution in [0.1, 0.15) is 44.9 Å². The van der Waals surface area contributed by atoms with Crippen molar-refractivity contribution in [1.82, 2.24) is 4.90 Å².